The molecule has 0 unspecified atom stereocenters. The SMILES string of the molecule is N#Cc1ccccc1CSc1ncnc2scc(-c3ccc(Cl)cc3)c12. The van der Waals surface area contributed by atoms with Crippen LogP contribution in [0.15, 0.2) is 65.3 Å². The summed E-state index contributed by atoms with van der Waals surface area (Å²) in [4.78, 5) is 9.87. The Balaban J connectivity index is 1.73. The lowest BCUT2D eigenvalue weighted by Crippen LogP contribution is -1.90. The van der Waals surface area contributed by atoms with Crippen molar-refractivity contribution in [3.8, 4) is 17.2 Å². The van der Waals surface area contributed by atoms with Crippen LogP contribution in [0.2, 0.25) is 5.02 Å². The molecule has 0 aliphatic carbocycles. The number of halogens is 1. The van der Waals surface area contributed by atoms with Crippen LogP contribution in [-0.4, -0.2) is 9.97 Å². The van der Waals surface area contributed by atoms with E-state index in [-0.39, 0.29) is 0 Å². The molecule has 3 nitrogen and oxygen atoms in total. The fourth-order valence-corrected chi connectivity index (χ4v) is 4.82. The Morgan fingerprint density at radius 1 is 1.08 bits per heavy atom. The largest absolute Gasteiger partial charge is 0.229 e. The van der Waals surface area contributed by atoms with Gasteiger partial charge in [0, 0.05) is 21.7 Å². The summed E-state index contributed by atoms with van der Waals surface area (Å²) in [7, 11) is 0. The number of nitrogens with zero attached hydrogens (tertiary/aromatic N) is 3. The first-order valence-electron chi connectivity index (χ1n) is 7.85. The van der Waals surface area contributed by atoms with Gasteiger partial charge >= 0.3 is 0 Å². The second-order valence-corrected chi connectivity index (χ2v) is 7.83. The lowest BCUT2D eigenvalue weighted by molar-refractivity contribution is 1.11. The molecule has 126 valence electrons. The molecular weight excluding hydrogens is 382 g/mol. The van der Waals surface area contributed by atoms with E-state index in [0.29, 0.717) is 16.3 Å². The zero-order valence-corrected chi connectivity index (χ0v) is 15.9. The van der Waals surface area contributed by atoms with Crippen molar-refractivity contribution in [1.29, 1.82) is 5.26 Å². The summed E-state index contributed by atoms with van der Waals surface area (Å²) in [5, 5.41) is 14.1. The van der Waals surface area contributed by atoms with Crippen molar-refractivity contribution in [1.82, 2.24) is 9.97 Å². The van der Waals surface area contributed by atoms with E-state index in [9.17, 15) is 5.26 Å². The molecule has 0 saturated heterocycles. The van der Waals surface area contributed by atoms with Gasteiger partial charge in [0.2, 0.25) is 0 Å². The van der Waals surface area contributed by atoms with Crippen LogP contribution in [0.3, 0.4) is 0 Å². The molecule has 0 saturated carbocycles. The molecule has 0 radical (unpaired) electrons. The van der Waals surface area contributed by atoms with E-state index in [4.69, 9.17) is 11.6 Å². The Hall–Kier alpha value is -2.39. The number of benzene rings is 2. The Morgan fingerprint density at radius 2 is 1.88 bits per heavy atom. The number of hydrogen-bond donors (Lipinski definition) is 0. The van der Waals surface area contributed by atoms with Crippen molar-refractivity contribution in [2.24, 2.45) is 0 Å². The second kappa shape index (κ2) is 7.46. The number of fused-ring (bicyclic) bond motifs is 1. The van der Waals surface area contributed by atoms with E-state index in [0.717, 1.165) is 31.9 Å². The Labute approximate surface area is 164 Å². The predicted octanol–water partition coefficient (Wildman–Crippen LogP) is 6.18. The molecule has 4 aromatic rings. The molecule has 2 aromatic carbocycles. The molecule has 0 aliphatic rings. The van der Waals surface area contributed by atoms with Gasteiger partial charge in [0.25, 0.3) is 0 Å². The van der Waals surface area contributed by atoms with E-state index in [1.165, 1.54) is 0 Å². The first kappa shape index (κ1) is 17.0. The zero-order valence-electron chi connectivity index (χ0n) is 13.5. The summed E-state index contributed by atoms with van der Waals surface area (Å²) < 4.78 is 0. The highest BCUT2D eigenvalue weighted by molar-refractivity contribution is 7.98. The quantitative estimate of drug-likeness (QED) is 0.307. The summed E-state index contributed by atoms with van der Waals surface area (Å²) >= 11 is 9.25. The third-order valence-corrected chi connectivity index (χ3v) is 6.17. The van der Waals surface area contributed by atoms with E-state index in [1.54, 1.807) is 29.4 Å². The van der Waals surface area contributed by atoms with Crippen LogP contribution >= 0.6 is 34.7 Å². The molecule has 4 rings (SSSR count). The fourth-order valence-electron chi connectivity index (χ4n) is 2.70. The van der Waals surface area contributed by atoms with E-state index in [2.05, 4.69) is 21.4 Å². The number of rotatable bonds is 4. The summed E-state index contributed by atoms with van der Waals surface area (Å²) in [6.45, 7) is 0. The highest BCUT2D eigenvalue weighted by atomic mass is 35.5. The van der Waals surface area contributed by atoms with Crippen LogP contribution in [-0.2, 0) is 5.75 Å². The van der Waals surface area contributed by atoms with E-state index >= 15 is 0 Å². The number of nitriles is 1. The number of thiophene rings is 1. The molecule has 26 heavy (non-hydrogen) atoms. The van der Waals surface area contributed by atoms with Crippen molar-refractivity contribution in [2.45, 2.75) is 10.8 Å². The van der Waals surface area contributed by atoms with Gasteiger partial charge in [0.15, 0.2) is 0 Å². The van der Waals surface area contributed by atoms with Gasteiger partial charge in [0.05, 0.1) is 17.0 Å². The minimum atomic E-state index is 0.686. The van der Waals surface area contributed by atoms with Crippen molar-refractivity contribution < 1.29 is 0 Å². The highest BCUT2D eigenvalue weighted by Crippen LogP contribution is 2.39. The molecule has 0 fully saturated rings. The van der Waals surface area contributed by atoms with Crippen molar-refractivity contribution in [3.05, 3.63) is 76.4 Å². The molecule has 0 amide bonds. The normalized spacial score (nSPS) is 10.8. The second-order valence-electron chi connectivity index (χ2n) is 5.57. The summed E-state index contributed by atoms with van der Waals surface area (Å²) in [5.41, 5.74) is 3.91. The van der Waals surface area contributed by atoms with Crippen LogP contribution in [0.25, 0.3) is 21.3 Å². The number of hydrogen-bond acceptors (Lipinski definition) is 5. The average molecular weight is 394 g/mol. The van der Waals surface area contributed by atoms with Gasteiger partial charge in [-0.15, -0.1) is 23.1 Å². The van der Waals surface area contributed by atoms with Gasteiger partial charge in [-0.3, -0.25) is 0 Å². The maximum atomic E-state index is 9.28. The number of thioether (sulfide) groups is 1. The smallest absolute Gasteiger partial charge is 0.128 e. The lowest BCUT2D eigenvalue weighted by Gasteiger charge is -2.06. The van der Waals surface area contributed by atoms with E-state index < -0.39 is 0 Å². The van der Waals surface area contributed by atoms with Gasteiger partial charge in [-0.25, -0.2) is 9.97 Å². The molecule has 0 aliphatic heterocycles. The number of aromatic nitrogens is 2. The maximum Gasteiger partial charge on any atom is 0.128 e. The van der Waals surface area contributed by atoms with Crippen molar-refractivity contribution >= 4 is 44.9 Å². The molecule has 2 aromatic heterocycles. The highest BCUT2D eigenvalue weighted by Gasteiger charge is 2.14. The van der Waals surface area contributed by atoms with Gasteiger partial charge < -0.3 is 0 Å². The average Bonchev–Trinajstić information content (AvgIpc) is 3.12. The maximum absolute atomic E-state index is 9.28. The first-order chi connectivity index (χ1) is 12.8. The van der Waals surface area contributed by atoms with Crippen LogP contribution in [0.4, 0.5) is 0 Å². The molecule has 6 heteroatoms. The summed E-state index contributed by atoms with van der Waals surface area (Å²) in [6.07, 6.45) is 1.60. The Kier molecular flexibility index (Phi) is 4.89. The predicted molar refractivity (Wildman–Crippen MR) is 109 cm³/mol. The minimum Gasteiger partial charge on any atom is -0.229 e. The monoisotopic (exact) mass is 393 g/mol. The molecule has 0 bridgehead atoms. The molecule has 0 N–H and O–H groups in total. The van der Waals surface area contributed by atoms with Crippen LogP contribution < -0.4 is 0 Å². The van der Waals surface area contributed by atoms with Crippen molar-refractivity contribution in [2.75, 3.05) is 0 Å². The van der Waals surface area contributed by atoms with Crippen LogP contribution in [0.1, 0.15) is 11.1 Å². The topological polar surface area (TPSA) is 49.6 Å². The molecular formula is C20H12ClN3S2. The lowest BCUT2D eigenvalue weighted by atomic mass is 10.1. The Bertz CT molecular complexity index is 1110. The van der Waals surface area contributed by atoms with Gasteiger partial charge in [-0.05, 0) is 29.3 Å². The van der Waals surface area contributed by atoms with Crippen molar-refractivity contribution in [3.63, 3.8) is 0 Å². The fraction of sp³-hybridized carbons (Fsp3) is 0.0500. The zero-order chi connectivity index (χ0) is 17.9. The van der Waals surface area contributed by atoms with E-state index in [1.807, 2.05) is 48.5 Å². The standard InChI is InChI=1S/C20H12ClN3S2/c21-16-7-5-13(6-8-16)17-11-26-20-18(17)19(23-12-24-20)25-10-15-4-2-1-3-14(15)9-22/h1-8,11-12H,10H2. The van der Waals surface area contributed by atoms with Gasteiger partial charge in [-0.1, -0.05) is 41.9 Å². The Morgan fingerprint density at radius 3 is 2.69 bits per heavy atom. The molecule has 0 atom stereocenters. The van der Waals surface area contributed by atoms with Gasteiger partial charge in [0.1, 0.15) is 16.2 Å². The van der Waals surface area contributed by atoms with Crippen LogP contribution in [0.5, 0.6) is 0 Å². The molecule has 2 heterocycles. The third kappa shape index (κ3) is 3.32. The van der Waals surface area contributed by atoms with Gasteiger partial charge in [-0.2, -0.15) is 5.26 Å². The third-order valence-electron chi connectivity index (χ3n) is 3.99. The minimum absolute atomic E-state index is 0.686. The first-order valence-corrected chi connectivity index (χ1v) is 10.1. The van der Waals surface area contributed by atoms with Crippen LogP contribution in [0, 0.1) is 11.3 Å². The summed E-state index contributed by atoms with van der Waals surface area (Å²) in [6, 6.07) is 17.7. The molecule has 0 spiro atoms. The summed E-state index contributed by atoms with van der Waals surface area (Å²) in [5.74, 6) is 0.686.